The Kier molecular flexibility index (Phi) is 4.41. The molecule has 126 valence electrons. The van der Waals surface area contributed by atoms with E-state index in [1.807, 2.05) is 37.3 Å². The number of benzene rings is 1. The molecule has 1 N–H and O–H groups in total. The minimum atomic E-state index is -0.874. The maximum atomic E-state index is 13.0. The summed E-state index contributed by atoms with van der Waals surface area (Å²) in [4.78, 5) is 31.3. The van der Waals surface area contributed by atoms with Gasteiger partial charge in [0.1, 0.15) is 4.88 Å². The highest BCUT2D eigenvalue weighted by Crippen LogP contribution is 2.34. The number of carbonyl (C=O) groups is 2. The number of aliphatic carboxylic acids is 1. The number of thiazole rings is 1. The summed E-state index contributed by atoms with van der Waals surface area (Å²) in [6.07, 6.45) is 1.30. The van der Waals surface area contributed by atoms with Gasteiger partial charge >= 0.3 is 5.97 Å². The van der Waals surface area contributed by atoms with Crippen LogP contribution in [0, 0.1) is 12.3 Å². The number of amides is 1. The van der Waals surface area contributed by atoms with Gasteiger partial charge in [-0.15, -0.1) is 11.3 Å². The molecule has 24 heavy (non-hydrogen) atoms. The number of aromatic nitrogens is 1. The van der Waals surface area contributed by atoms with Crippen LogP contribution in [-0.4, -0.2) is 40.0 Å². The summed E-state index contributed by atoms with van der Waals surface area (Å²) in [6.45, 7) is 4.43. The van der Waals surface area contributed by atoms with Crippen LogP contribution in [-0.2, 0) is 4.79 Å². The number of aryl methyl sites for hydroxylation is 1. The Morgan fingerprint density at radius 2 is 2.00 bits per heavy atom. The number of hydrogen-bond donors (Lipinski definition) is 1. The van der Waals surface area contributed by atoms with Gasteiger partial charge in [0.15, 0.2) is 0 Å². The van der Waals surface area contributed by atoms with E-state index < -0.39 is 11.4 Å². The highest BCUT2D eigenvalue weighted by Gasteiger charge is 2.40. The van der Waals surface area contributed by atoms with Crippen LogP contribution in [0.1, 0.15) is 34.4 Å². The first-order chi connectivity index (χ1) is 11.4. The summed E-state index contributed by atoms with van der Waals surface area (Å²) >= 11 is 1.37. The van der Waals surface area contributed by atoms with Crippen LogP contribution in [0.3, 0.4) is 0 Å². The molecule has 2 aromatic rings. The molecule has 6 heteroatoms. The minimum Gasteiger partial charge on any atom is -0.481 e. The zero-order chi connectivity index (χ0) is 17.3. The first kappa shape index (κ1) is 16.6. The second kappa shape index (κ2) is 6.36. The van der Waals surface area contributed by atoms with E-state index in [0.717, 1.165) is 10.6 Å². The van der Waals surface area contributed by atoms with E-state index in [4.69, 9.17) is 0 Å². The van der Waals surface area contributed by atoms with Gasteiger partial charge in [-0.2, -0.15) is 0 Å². The highest BCUT2D eigenvalue weighted by atomic mass is 32.1. The number of nitrogens with zero attached hydrogens (tertiary/aromatic N) is 2. The van der Waals surface area contributed by atoms with Crippen molar-refractivity contribution in [1.29, 1.82) is 0 Å². The maximum Gasteiger partial charge on any atom is 0.311 e. The highest BCUT2D eigenvalue weighted by molar-refractivity contribution is 7.14. The normalized spacial score (nSPS) is 20.8. The van der Waals surface area contributed by atoms with Crippen molar-refractivity contribution in [2.24, 2.45) is 5.41 Å². The van der Waals surface area contributed by atoms with E-state index in [1.165, 1.54) is 11.3 Å². The molecule has 1 aromatic heterocycles. The number of likely N-dealkylation sites (tertiary alicyclic amines) is 1. The molecule has 1 amide bonds. The van der Waals surface area contributed by atoms with Gasteiger partial charge in [-0.25, -0.2) is 4.98 Å². The van der Waals surface area contributed by atoms with Crippen molar-refractivity contribution < 1.29 is 14.7 Å². The summed E-state index contributed by atoms with van der Waals surface area (Å²) in [5.74, 6) is -0.963. The van der Waals surface area contributed by atoms with E-state index in [1.54, 1.807) is 11.8 Å². The third-order valence-corrected chi connectivity index (χ3v) is 5.43. The topological polar surface area (TPSA) is 70.5 Å². The molecule has 1 atom stereocenters. The Hall–Kier alpha value is -2.21. The fourth-order valence-electron chi connectivity index (χ4n) is 3.09. The lowest BCUT2D eigenvalue weighted by Crippen LogP contribution is -2.48. The van der Waals surface area contributed by atoms with Crippen molar-refractivity contribution >= 4 is 23.2 Å². The zero-order valence-electron chi connectivity index (χ0n) is 13.8. The fourth-order valence-corrected chi connectivity index (χ4v) is 4.00. The average Bonchev–Trinajstić information content (AvgIpc) is 2.97. The second-order valence-corrected chi connectivity index (χ2v) is 7.68. The van der Waals surface area contributed by atoms with Gasteiger partial charge in [0.05, 0.1) is 16.1 Å². The molecule has 0 bridgehead atoms. The van der Waals surface area contributed by atoms with Crippen LogP contribution in [0.25, 0.3) is 11.3 Å². The maximum absolute atomic E-state index is 13.0. The van der Waals surface area contributed by atoms with Crippen molar-refractivity contribution in [3.8, 4) is 11.3 Å². The van der Waals surface area contributed by atoms with E-state index in [0.29, 0.717) is 30.0 Å². The van der Waals surface area contributed by atoms with Crippen molar-refractivity contribution in [2.45, 2.75) is 26.7 Å². The average molecular weight is 344 g/mol. The van der Waals surface area contributed by atoms with Gasteiger partial charge in [-0.1, -0.05) is 30.3 Å². The molecule has 1 unspecified atom stereocenters. The van der Waals surface area contributed by atoms with Crippen LogP contribution in [0.15, 0.2) is 30.3 Å². The molecule has 2 heterocycles. The Balaban J connectivity index is 1.92. The molecule has 1 aromatic carbocycles. The van der Waals surface area contributed by atoms with E-state index in [2.05, 4.69) is 4.98 Å². The lowest BCUT2D eigenvalue weighted by Gasteiger charge is -2.37. The summed E-state index contributed by atoms with van der Waals surface area (Å²) in [5.41, 5.74) is 0.717. The smallest absolute Gasteiger partial charge is 0.311 e. The number of carboxylic acid groups (broad SMARTS) is 1. The summed E-state index contributed by atoms with van der Waals surface area (Å²) in [7, 11) is 0. The Morgan fingerprint density at radius 1 is 1.29 bits per heavy atom. The largest absolute Gasteiger partial charge is 0.481 e. The SMILES string of the molecule is Cc1nc(-c2ccccc2)c(C(=O)N2CCCC(C)(C(=O)O)C2)s1. The molecule has 5 nitrogen and oxygen atoms in total. The van der Waals surface area contributed by atoms with E-state index in [9.17, 15) is 14.7 Å². The molecule has 0 saturated carbocycles. The molecular formula is C18H20N2O3S. The Labute approximate surface area is 145 Å². The number of hydrogen-bond acceptors (Lipinski definition) is 4. The molecular weight excluding hydrogens is 324 g/mol. The van der Waals surface area contributed by atoms with E-state index >= 15 is 0 Å². The first-order valence-corrected chi connectivity index (χ1v) is 8.78. The lowest BCUT2D eigenvalue weighted by atomic mass is 9.82. The fraction of sp³-hybridized carbons (Fsp3) is 0.389. The second-order valence-electron chi connectivity index (χ2n) is 6.47. The molecule has 1 aliphatic rings. The van der Waals surface area contributed by atoms with Crippen molar-refractivity contribution in [3.05, 3.63) is 40.2 Å². The summed E-state index contributed by atoms with van der Waals surface area (Å²) < 4.78 is 0. The van der Waals surface area contributed by atoms with Gasteiger partial charge in [-0.3, -0.25) is 9.59 Å². The lowest BCUT2D eigenvalue weighted by molar-refractivity contribution is -0.150. The quantitative estimate of drug-likeness (QED) is 0.926. The number of carbonyl (C=O) groups excluding carboxylic acids is 1. The van der Waals surface area contributed by atoms with Crippen LogP contribution < -0.4 is 0 Å². The molecule has 1 aliphatic heterocycles. The standard InChI is InChI=1S/C18H20N2O3S/c1-12-19-14(13-7-4-3-5-8-13)15(24-12)16(21)20-10-6-9-18(2,11-20)17(22)23/h3-5,7-8H,6,9-11H2,1-2H3,(H,22,23). The monoisotopic (exact) mass is 344 g/mol. The van der Waals surface area contributed by atoms with Gasteiger partial charge in [-0.05, 0) is 26.7 Å². The Bertz CT molecular complexity index is 772. The molecule has 1 fully saturated rings. The van der Waals surface area contributed by atoms with Gasteiger partial charge in [0, 0.05) is 18.7 Å². The number of rotatable bonds is 3. The van der Waals surface area contributed by atoms with Gasteiger partial charge in [0.2, 0.25) is 0 Å². The van der Waals surface area contributed by atoms with Crippen molar-refractivity contribution in [1.82, 2.24) is 9.88 Å². The summed E-state index contributed by atoms with van der Waals surface area (Å²) in [6, 6.07) is 9.63. The van der Waals surface area contributed by atoms with Crippen molar-refractivity contribution in [2.75, 3.05) is 13.1 Å². The van der Waals surface area contributed by atoms with Gasteiger partial charge in [0.25, 0.3) is 5.91 Å². The first-order valence-electron chi connectivity index (χ1n) is 7.96. The predicted molar refractivity (Wildman–Crippen MR) is 93.2 cm³/mol. The van der Waals surface area contributed by atoms with Crippen LogP contribution in [0.5, 0.6) is 0 Å². The van der Waals surface area contributed by atoms with Crippen LogP contribution in [0.2, 0.25) is 0 Å². The van der Waals surface area contributed by atoms with Crippen LogP contribution >= 0.6 is 11.3 Å². The van der Waals surface area contributed by atoms with Gasteiger partial charge < -0.3 is 10.0 Å². The molecule has 0 spiro atoms. The van der Waals surface area contributed by atoms with Crippen LogP contribution in [0.4, 0.5) is 0 Å². The zero-order valence-corrected chi connectivity index (χ0v) is 14.6. The molecule has 0 radical (unpaired) electrons. The number of carboxylic acids is 1. The third kappa shape index (κ3) is 3.06. The Morgan fingerprint density at radius 3 is 2.67 bits per heavy atom. The molecule has 0 aliphatic carbocycles. The summed E-state index contributed by atoms with van der Waals surface area (Å²) in [5, 5.41) is 10.3. The molecule has 3 rings (SSSR count). The minimum absolute atomic E-state index is 0.119. The third-order valence-electron chi connectivity index (χ3n) is 4.48. The predicted octanol–water partition coefficient (Wildman–Crippen LogP) is 3.45. The van der Waals surface area contributed by atoms with E-state index in [-0.39, 0.29) is 12.5 Å². The number of piperidine rings is 1. The van der Waals surface area contributed by atoms with Crippen molar-refractivity contribution in [3.63, 3.8) is 0 Å². The molecule has 1 saturated heterocycles.